The van der Waals surface area contributed by atoms with Gasteiger partial charge in [-0.25, -0.2) is 0 Å². The van der Waals surface area contributed by atoms with Crippen molar-refractivity contribution in [3.8, 4) is 0 Å². The second kappa shape index (κ2) is 9.00. The fourth-order valence-electron chi connectivity index (χ4n) is 3.80. The molecule has 0 saturated carbocycles. The van der Waals surface area contributed by atoms with E-state index in [1.165, 1.54) is 5.56 Å². The van der Waals surface area contributed by atoms with Crippen LogP contribution in [0.4, 0.5) is 5.69 Å². The van der Waals surface area contributed by atoms with E-state index in [2.05, 4.69) is 16.9 Å². The first kappa shape index (κ1) is 20.0. The molecule has 1 aliphatic heterocycles. The van der Waals surface area contributed by atoms with E-state index in [-0.39, 0.29) is 24.8 Å². The zero-order valence-corrected chi connectivity index (χ0v) is 16.9. The molecule has 0 spiro atoms. The number of nitrogens with zero attached hydrogens (tertiary/aromatic N) is 1. The third-order valence-electron chi connectivity index (χ3n) is 5.21. The van der Waals surface area contributed by atoms with E-state index in [0.717, 1.165) is 30.5 Å². The van der Waals surface area contributed by atoms with Crippen molar-refractivity contribution in [3.63, 3.8) is 0 Å². The molecule has 0 radical (unpaired) electrons. The van der Waals surface area contributed by atoms with Crippen molar-refractivity contribution in [1.29, 1.82) is 0 Å². The van der Waals surface area contributed by atoms with Gasteiger partial charge in [-0.2, -0.15) is 0 Å². The van der Waals surface area contributed by atoms with Crippen LogP contribution in [-0.2, 0) is 22.6 Å². The molecule has 1 aliphatic rings. The van der Waals surface area contributed by atoms with Crippen LogP contribution >= 0.6 is 0 Å². The van der Waals surface area contributed by atoms with Crippen LogP contribution in [0.2, 0.25) is 0 Å². The molecule has 1 aromatic heterocycles. The Morgan fingerprint density at radius 2 is 1.90 bits per heavy atom. The highest BCUT2D eigenvalue weighted by atomic mass is 16.5. The zero-order valence-electron chi connectivity index (χ0n) is 16.9. The van der Waals surface area contributed by atoms with E-state index in [0.29, 0.717) is 17.8 Å². The third kappa shape index (κ3) is 4.16. The Morgan fingerprint density at radius 1 is 1.10 bits per heavy atom. The average molecular weight is 407 g/mol. The van der Waals surface area contributed by atoms with Gasteiger partial charge in [-0.15, -0.1) is 0 Å². The minimum Gasteiger partial charge on any atom is -0.450 e. The summed E-state index contributed by atoms with van der Waals surface area (Å²) in [7, 11) is 0. The summed E-state index contributed by atoms with van der Waals surface area (Å²) in [6.07, 6.45) is 2.01. The van der Waals surface area contributed by atoms with Crippen LogP contribution in [0.15, 0.2) is 52.9 Å². The van der Waals surface area contributed by atoms with Crippen LogP contribution in [0.3, 0.4) is 0 Å². The van der Waals surface area contributed by atoms with Gasteiger partial charge >= 0.3 is 5.91 Å². The van der Waals surface area contributed by atoms with Crippen LogP contribution in [0.25, 0.3) is 11.0 Å². The summed E-state index contributed by atoms with van der Waals surface area (Å²) in [5.41, 5.74) is 8.57. The number of hydrogen-bond donors (Lipinski definition) is 2. The first-order valence-electron chi connectivity index (χ1n) is 10.2. The minimum atomic E-state index is -0.506. The highest BCUT2D eigenvalue weighted by Crippen LogP contribution is 2.27. The van der Waals surface area contributed by atoms with Gasteiger partial charge in [-0.3, -0.25) is 20.4 Å². The molecule has 0 saturated heterocycles. The van der Waals surface area contributed by atoms with Crippen LogP contribution < -0.4 is 15.8 Å². The molecule has 2 aromatic carbocycles. The summed E-state index contributed by atoms with van der Waals surface area (Å²) in [6.45, 7) is 3.65. The number of para-hydroxylation sites is 2. The summed E-state index contributed by atoms with van der Waals surface area (Å²) in [6, 6.07) is 15.5. The van der Waals surface area contributed by atoms with Crippen LogP contribution in [0.5, 0.6) is 0 Å². The molecule has 0 unspecified atom stereocenters. The van der Waals surface area contributed by atoms with E-state index >= 15 is 0 Å². The summed E-state index contributed by atoms with van der Waals surface area (Å²) in [5.74, 6) is -0.649. The number of nitrogens with one attached hydrogen (secondary N) is 2. The number of anilines is 1. The fraction of sp³-hybridized carbons (Fsp3) is 0.304. The van der Waals surface area contributed by atoms with Crippen molar-refractivity contribution < 1.29 is 18.7 Å². The topological polar surface area (TPSA) is 83.8 Å². The van der Waals surface area contributed by atoms with Gasteiger partial charge in [0.25, 0.3) is 5.91 Å². The second-order valence-electron chi connectivity index (χ2n) is 7.20. The van der Waals surface area contributed by atoms with Crippen molar-refractivity contribution in [2.45, 2.75) is 26.4 Å². The molecule has 30 heavy (non-hydrogen) atoms. The van der Waals surface area contributed by atoms with E-state index in [4.69, 9.17) is 9.15 Å². The number of fused-ring (bicyclic) bond motifs is 2. The first-order valence-corrected chi connectivity index (χ1v) is 10.2. The van der Waals surface area contributed by atoms with Crippen molar-refractivity contribution in [1.82, 2.24) is 10.9 Å². The number of amides is 2. The standard InChI is InChI=1S/C23H25N3O4/c1-2-29-15-18-17-10-4-6-12-20(17)30-22(18)23(28)25-24-21(27)14-26-13-7-9-16-8-3-5-11-19(16)26/h3-6,8,10-12H,2,7,9,13-15H2,1H3,(H,24,27)(H,25,28). The monoisotopic (exact) mass is 407 g/mol. The summed E-state index contributed by atoms with van der Waals surface area (Å²) >= 11 is 0. The number of carbonyl (C=O) groups excluding carboxylic acids is 2. The summed E-state index contributed by atoms with van der Waals surface area (Å²) in [5, 5.41) is 0.826. The smallest absolute Gasteiger partial charge is 0.305 e. The quantitative estimate of drug-likeness (QED) is 0.613. The van der Waals surface area contributed by atoms with Gasteiger partial charge < -0.3 is 14.1 Å². The number of hydrogen-bond acceptors (Lipinski definition) is 5. The second-order valence-corrected chi connectivity index (χ2v) is 7.20. The zero-order chi connectivity index (χ0) is 20.9. The number of carbonyl (C=O) groups is 2. The average Bonchev–Trinajstić information content (AvgIpc) is 3.15. The minimum absolute atomic E-state index is 0.147. The molecule has 0 atom stereocenters. The lowest BCUT2D eigenvalue weighted by Crippen LogP contribution is -2.47. The van der Waals surface area contributed by atoms with Crippen molar-refractivity contribution in [3.05, 3.63) is 65.4 Å². The molecule has 0 bridgehead atoms. The molecular weight excluding hydrogens is 382 g/mol. The highest BCUT2D eigenvalue weighted by molar-refractivity contribution is 5.99. The molecule has 2 N–H and O–H groups in total. The van der Waals surface area contributed by atoms with Crippen LogP contribution in [0, 0.1) is 0 Å². The van der Waals surface area contributed by atoms with E-state index in [9.17, 15) is 9.59 Å². The SMILES string of the molecule is CCOCc1c(C(=O)NNC(=O)CN2CCCc3ccccc32)oc2ccccc12. The van der Waals surface area contributed by atoms with Gasteiger partial charge in [0.15, 0.2) is 5.76 Å². The molecule has 2 heterocycles. The Labute approximate surface area is 175 Å². The van der Waals surface area contributed by atoms with E-state index < -0.39 is 5.91 Å². The first-order chi connectivity index (χ1) is 14.7. The van der Waals surface area contributed by atoms with Crippen molar-refractivity contribution in [2.24, 2.45) is 0 Å². The molecule has 156 valence electrons. The highest BCUT2D eigenvalue weighted by Gasteiger charge is 2.22. The molecule has 7 heteroatoms. The van der Waals surface area contributed by atoms with Crippen LogP contribution in [0.1, 0.15) is 35.0 Å². The van der Waals surface area contributed by atoms with Gasteiger partial charge in [0, 0.05) is 29.8 Å². The van der Waals surface area contributed by atoms with Gasteiger partial charge in [-0.05, 0) is 37.5 Å². The van der Waals surface area contributed by atoms with Gasteiger partial charge in [0.1, 0.15) is 5.58 Å². The molecule has 0 aliphatic carbocycles. The Balaban J connectivity index is 1.42. The number of benzene rings is 2. The lowest BCUT2D eigenvalue weighted by Gasteiger charge is -2.30. The molecule has 4 rings (SSSR count). The summed E-state index contributed by atoms with van der Waals surface area (Å²) in [4.78, 5) is 27.2. The third-order valence-corrected chi connectivity index (χ3v) is 5.21. The Hall–Kier alpha value is -3.32. The Morgan fingerprint density at radius 3 is 2.77 bits per heavy atom. The lowest BCUT2D eigenvalue weighted by atomic mass is 10.0. The molecule has 2 amide bonds. The van der Waals surface area contributed by atoms with Crippen molar-refractivity contribution in [2.75, 3.05) is 24.6 Å². The maximum Gasteiger partial charge on any atom is 0.305 e. The maximum absolute atomic E-state index is 12.7. The van der Waals surface area contributed by atoms with Gasteiger partial charge in [0.05, 0.1) is 13.2 Å². The molecular formula is C23H25N3O4. The van der Waals surface area contributed by atoms with Crippen molar-refractivity contribution >= 4 is 28.5 Å². The van der Waals surface area contributed by atoms with E-state index in [1.54, 1.807) is 6.07 Å². The number of furan rings is 1. The lowest BCUT2D eigenvalue weighted by molar-refractivity contribution is -0.120. The maximum atomic E-state index is 12.7. The summed E-state index contributed by atoms with van der Waals surface area (Å²) < 4.78 is 11.2. The van der Waals surface area contributed by atoms with E-state index in [1.807, 2.05) is 48.2 Å². The predicted molar refractivity (Wildman–Crippen MR) is 114 cm³/mol. The number of ether oxygens (including phenoxy) is 1. The normalized spacial score (nSPS) is 13.2. The molecule has 3 aromatic rings. The molecule has 7 nitrogen and oxygen atoms in total. The fourth-order valence-corrected chi connectivity index (χ4v) is 3.80. The number of rotatable bonds is 6. The number of aryl methyl sites for hydroxylation is 1. The predicted octanol–water partition coefficient (Wildman–Crippen LogP) is 3.18. The molecule has 0 fully saturated rings. The Bertz CT molecular complexity index is 1060. The largest absolute Gasteiger partial charge is 0.450 e. The Kier molecular flexibility index (Phi) is 5.99. The van der Waals surface area contributed by atoms with Crippen LogP contribution in [-0.4, -0.2) is 31.5 Å². The van der Waals surface area contributed by atoms with Gasteiger partial charge in [-0.1, -0.05) is 36.4 Å². The van der Waals surface area contributed by atoms with Gasteiger partial charge in [0.2, 0.25) is 0 Å². The number of hydrazine groups is 1.